The Kier molecular flexibility index (Phi) is 10.1. The highest BCUT2D eigenvalue weighted by atomic mass is 32.1. The number of nitrogens with two attached hydrogens (primary N) is 2. The molecular formula is C26H26F3N9O3S. The van der Waals surface area contributed by atoms with Gasteiger partial charge in [0.2, 0.25) is 16.9 Å². The molecule has 0 saturated carbocycles. The highest BCUT2D eigenvalue weighted by Crippen LogP contribution is 2.24. The number of hydrogen-bond acceptors (Lipinski definition) is 11. The monoisotopic (exact) mass is 601 g/mol. The molecule has 4 aromatic rings. The van der Waals surface area contributed by atoms with Gasteiger partial charge >= 0.3 is 6.36 Å². The Hall–Kier alpha value is -4.54. The highest BCUT2D eigenvalue weighted by Gasteiger charge is 2.31. The number of rotatable bonds is 12. The maximum atomic E-state index is 12.5. The van der Waals surface area contributed by atoms with Crippen LogP contribution in [-0.4, -0.2) is 43.6 Å². The summed E-state index contributed by atoms with van der Waals surface area (Å²) in [5.74, 6) is 10.5. The van der Waals surface area contributed by atoms with Crippen molar-refractivity contribution in [3.63, 3.8) is 0 Å². The topological polar surface area (TPSA) is 166 Å². The van der Waals surface area contributed by atoms with Gasteiger partial charge in [-0.3, -0.25) is 14.6 Å². The number of nitrogens with zero attached hydrogens (tertiary/aromatic N) is 7. The second kappa shape index (κ2) is 13.9. The SMILES string of the molecule is NN(C(=O)Cc1cccc(OC(F)(F)F)c1)c1ccc(CCCCc2nnc(N(N)C(=O)Cc3ccccn3)s2)nn1. The van der Waals surface area contributed by atoms with Crippen LogP contribution in [0.15, 0.2) is 60.8 Å². The molecule has 0 fully saturated rings. The van der Waals surface area contributed by atoms with E-state index in [1.54, 1.807) is 30.5 Å². The van der Waals surface area contributed by atoms with E-state index in [0.717, 1.165) is 40.0 Å². The minimum Gasteiger partial charge on any atom is -0.406 e. The van der Waals surface area contributed by atoms with Gasteiger partial charge in [-0.15, -0.1) is 28.5 Å². The number of hydrazine groups is 2. The number of aryl methyl sites for hydroxylation is 2. The van der Waals surface area contributed by atoms with E-state index in [0.29, 0.717) is 34.9 Å². The van der Waals surface area contributed by atoms with Crippen molar-refractivity contribution in [1.82, 2.24) is 25.4 Å². The maximum absolute atomic E-state index is 12.5. The Morgan fingerprint density at radius 3 is 2.33 bits per heavy atom. The number of amides is 2. The Bertz CT molecular complexity index is 1490. The molecule has 3 heterocycles. The lowest BCUT2D eigenvalue weighted by Gasteiger charge is -2.15. The predicted molar refractivity (Wildman–Crippen MR) is 147 cm³/mol. The molecule has 42 heavy (non-hydrogen) atoms. The van der Waals surface area contributed by atoms with Crippen LogP contribution in [0.5, 0.6) is 5.75 Å². The molecule has 4 rings (SSSR count). The molecule has 12 nitrogen and oxygen atoms in total. The number of carbonyl (C=O) groups excluding carboxylic acids is 2. The zero-order valence-corrected chi connectivity index (χ0v) is 22.9. The second-order valence-corrected chi connectivity index (χ2v) is 10.0. The normalized spacial score (nSPS) is 11.3. The van der Waals surface area contributed by atoms with E-state index in [2.05, 4.69) is 30.1 Å². The molecular weight excluding hydrogens is 575 g/mol. The van der Waals surface area contributed by atoms with Crippen LogP contribution in [0.3, 0.4) is 0 Å². The lowest BCUT2D eigenvalue weighted by molar-refractivity contribution is -0.274. The van der Waals surface area contributed by atoms with E-state index in [-0.39, 0.29) is 24.6 Å². The van der Waals surface area contributed by atoms with E-state index in [9.17, 15) is 22.8 Å². The molecule has 2 amide bonds. The van der Waals surface area contributed by atoms with Gasteiger partial charge in [0, 0.05) is 18.3 Å². The molecule has 0 bridgehead atoms. The van der Waals surface area contributed by atoms with E-state index in [4.69, 9.17) is 11.7 Å². The maximum Gasteiger partial charge on any atom is 0.573 e. The van der Waals surface area contributed by atoms with Gasteiger partial charge in [0.05, 0.1) is 18.5 Å². The molecule has 16 heteroatoms. The molecule has 0 radical (unpaired) electrons. The standard InChI is InChI=1S/C26H26F3N9O3S/c27-26(28,29)41-20-9-5-6-17(14-20)15-23(39)37(30)21-12-11-18(33-34-21)7-1-2-10-22-35-36-25(42-22)38(31)24(40)16-19-8-3-4-13-32-19/h3-6,8-9,11-14H,1-2,7,10,15-16,30-31H2. The molecule has 0 aliphatic carbocycles. The average molecular weight is 602 g/mol. The highest BCUT2D eigenvalue weighted by molar-refractivity contribution is 7.15. The van der Waals surface area contributed by atoms with Gasteiger partial charge in [-0.25, -0.2) is 21.7 Å². The lowest BCUT2D eigenvalue weighted by atomic mass is 10.1. The summed E-state index contributed by atoms with van der Waals surface area (Å²) in [5.41, 5.74) is 1.58. The Balaban J connectivity index is 1.21. The number of hydrogen-bond donors (Lipinski definition) is 2. The number of aromatic nitrogens is 5. The molecule has 0 saturated heterocycles. The molecule has 220 valence electrons. The molecule has 0 aliphatic heterocycles. The molecule has 0 aliphatic rings. The first-order valence-electron chi connectivity index (χ1n) is 12.6. The number of anilines is 2. The number of carbonyl (C=O) groups is 2. The summed E-state index contributed by atoms with van der Waals surface area (Å²) in [7, 11) is 0. The largest absolute Gasteiger partial charge is 0.573 e. The molecule has 0 atom stereocenters. The first-order chi connectivity index (χ1) is 20.1. The molecule has 1 aromatic carbocycles. The fourth-order valence-corrected chi connectivity index (χ4v) is 4.55. The van der Waals surface area contributed by atoms with Crippen LogP contribution in [0.25, 0.3) is 0 Å². The van der Waals surface area contributed by atoms with Gasteiger partial charge in [0.25, 0.3) is 0 Å². The number of benzene rings is 1. The van der Waals surface area contributed by atoms with Gasteiger partial charge < -0.3 is 4.74 Å². The quantitative estimate of drug-likeness (QED) is 0.107. The zero-order chi connectivity index (χ0) is 30.1. The number of unbranched alkanes of at least 4 members (excludes halogenated alkanes) is 1. The van der Waals surface area contributed by atoms with Crippen LogP contribution in [0, 0.1) is 0 Å². The molecule has 0 unspecified atom stereocenters. The number of pyridine rings is 1. The minimum absolute atomic E-state index is 0.0524. The number of ether oxygens (including phenoxy) is 1. The fourth-order valence-electron chi connectivity index (χ4n) is 3.73. The first kappa shape index (κ1) is 30.4. The first-order valence-corrected chi connectivity index (χ1v) is 13.4. The molecule has 0 spiro atoms. The summed E-state index contributed by atoms with van der Waals surface area (Å²) >= 11 is 1.24. The number of alkyl halides is 3. The summed E-state index contributed by atoms with van der Waals surface area (Å²) < 4.78 is 41.2. The summed E-state index contributed by atoms with van der Waals surface area (Å²) in [4.78, 5) is 29.0. The van der Waals surface area contributed by atoms with Crippen molar-refractivity contribution in [3.8, 4) is 5.75 Å². The Labute approximate surface area is 242 Å². The van der Waals surface area contributed by atoms with Gasteiger partial charge in [-0.2, -0.15) is 5.10 Å². The van der Waals surface area contributed by atoms with Gasteiger partial charge in [-0.1, -0.05) is 29.5 Å². The van der Waals surface area contributed by atoms with Crippen LogP contribution in [0.1, 0.15) is 34.8 Å². The lowest BCUT2D eigenvalue weighted by Crippen LogP contribution is -2.39. The summed E-state index contributed by atoms with van der Waals surface area (Å²) in [5, 5.41) is 19.0. The third-order valence-electron chi connectivity index (χ3n) is 5.77. The third-order valence-corrected chi connectivity index (χ3v) is 6.75. The van der Waals surface area contributed by atoms with Crippen molar-refractivity contribution in [3.05, 3.63) is 82.8 Å². The summed E-state index contributed by atoms with van der Waals surface area (Å²) in [6.45, 7) is 0. The third kappa shape index (κ3) is 8.98. The second-order valence-electron chi connectivity index (χ2n) is 8.97. The average Bonchev–Trinajstić information content (AvgIpc) is 3.43. The minimum atomic E-state index is -4.84. The van der Waals surface area contributed by atoms with Crippen LogP contribution in [-0.2, 0) is 35.3 Å². The zero-order valence-electron chi connectivity index (χ0n) is 22.1. The van der Waals surface area contributed by atoms with Gasteiger partial charge in [-0.05, 0) is 61.2 Å². The van der Waals surface area contributed by atoms with Crippen molar-refractivity contribution < 1.29 is 27.5 Å². The van der Waals surface area contributed by atoms with E-state index >= 15 is 0 Å². The Morgan fingerprint density at radius 1 is 0.833 bits per heavy atom. The van der Waals surface area contributed by atoms with Gasteiger partial charge in [0.15, 0.2) is 5.82 Å². The number of halogens is 3. The predicted octanol–water partition coefficient (Wildman–Crippen LogP) is 3.09. The van der Waals surface area contributed by atoms with Crippen molar-refractivity contribution in [2.45, 2.75) is 44.9 Å². The fraction of sp³-hybridized carbons (Fsp3) is 0.269. The molecule has 3 aromatic heterocycles. The van der Waals surface area contributed by atoms with Crippen LogP contribution in [0.2, 0.25) is 0 Å². The van der Waals surface area contributed by atoms with E-state index in [1.165, 1.54) is 29.5 Å². The van der Waals surface area contributed by atoms with Crippen molar-refractivity contribution in [2.24, 2.45) is 11.7 Å². The van der Waals surface area contributed by atoms with E-state index in [1.807, 2.05) is 0 Å². The molecule has 4 N–H and O–H groups in total. The van der Waals surface area contributed by atoms with Crippen molar-refractivity contribution in [1.29, 1.82) is 0 Å². The van der Waals surface area contributed by atoms with Crippen molar-refractivity contribution >= 4 is 34.1 Å². The Morgan fingerprint density at radius 2 is 1.62 bits per heavy atom. The van der Waals surface area contributed by atoms with Crippen LogP contribution in [0.4, 0.5) is 24.1 Å². The van der Waals surface area contributed by atoms with Gasteiger partial charge in [0.1, 0.15) is 10.8 Å². The van der Waals surface area contributed by atoms with Crippen LogP contribution < -0.4 is 26.4 Å². The summed E-state index contributed by atoms with van der Waals surface area (Å²) in [6, 6.07) is 13.6. The summed E-state index contributed by atoms with van der Waals surface area (Å²) in [6.07, 6.45) is -0.677. The van der Waals surface area contributed by atoms with Crippen LogP contribution >= 0.6 is 11.3 Å². The smallest absolute Gasteiger partial charge is 0.406 e. The van der Waals surface area contributed by atoms with Crippen molar-refractivity contribution in [2.75, 3.05) is 10.0 Å². The van der Waals surface area contributed by atoms with E-state index < -0.39 is 18.0 Å².